The first-order valence-electron chi connectivity index (χ1n) is 7.50. The first kappa shape index (κ1) is 13.5. The van der Waals surface area contributed by atoms with Crippen molar-refractivity contribution < 1.29 is 0 Å². The molecule has 2 heterocycles. The molecule has 3 heteroatoms. The summed E-state index contributed by atoms with van der Waals surface area (Å²) in [6, 6.07) is 12.4. The molecule has 0 saturated carbocycles. The Morgan fingerprint density at radius 3 is 2.53 bits per heavy atom. The van der Waals surface area contributed by atoms with Crippen LogP contribution in [-0.4, -0.2) is 41.6 Å². The third-order valence-electron chi connectivity index (χ3n) is 4.24. The van der Waals surface area contributed by atoms with Gasteiger partial charge in [-0.3, -0.25) is 4.90 Å². The quantitative estimate of drug-likeness (QED) is 0.910. The van der Waals surface area contributed by atoms with Crippen molar-refractivity contribution in [2.24, 2.45) is 0 Å². The van der Waals surface area contributed by atoms with Gasteiger partial charge in [0.1, 0.15) is 0 Å². The molecule has 1 N–H and O–H groups in total. The summed E-state index contributed by atoms with van der Waals surface area (Å²) in [6.07, 6.45) is 4.00. The van der Waals surface area contributed by atoms with Gasteiger partial charge in [0.15, 0.2) is 0 Å². The highest BCUT2D eigenvalue weighted by molar-refractivity contribution is 7.99. The summed E-state index contributed by atoms with van der Waals surface area (Å²) >= 11 is 2.10. The maximum Gasteiger partial charge on any atom is 0.0233 e. The van der Waals surface area contributed by atoms with Crippen LogP contribution in [0.15, 0.2) is 30.3 Å². The molecule has 104 valence electrons. The second-order valence-electron chi connectivity index (χ2n) is 5.76. The van der Waals surface area contributed by atoms with Crippen LogP contribution in [0.3, 0.4) is 0 Å². The number of benzene rings is 1. The van der Waals surface area contributed by atoms with Crippen LogP contribution in [0.1, 0.15) is 24.8 Å². The van der Waals surface area contributed by atoms with E-state index in [2.05, 4.69) is 52.3 Å². The Morgan fingerprint density at radius 1 is 1.05 bits per heavy atom. The van der Waals surface area contributed by atoms with Crippen LogP contribution in [0.4, 0.5) is 0 Å². The van der Waals surface area contributed by atoms with Crippen molar-refractivity contribution in [2.45, 2.75) is 37.9 Å². The molecule has 0 bridgehead atoms. The zero-order valence-electron chi connectivity index (χ0n) is 11.6. The molecule has 1 unspecified atom stereocenters. The molecule has 1 atom stereocenters. The van der Waals surface area contributed by atoms with E-state index in [1.165, 1.54) is 49.4 Å². The highest BCUT2D eigenvalue weighted by Gasteiger charge is 2.23. The van der Waals surface area contributed by atoms with E-state index in [1.807, 2.05) is 0 Å². The van der Waals surface area contributed by atoms with Crippen molar-refractivity contribution in [3.63, 3.8) is 0 Å². The fourth-order valence-electron chi connectivity index (χ4n) is 3.10. The van der Waals surface area contributed by atoms with Gasteiger partial charge in [0.05, 0.1) is 0 Å². The van der Waals surface area contributed by atoms with E-state index in [0.29, 0.717) is 0 Å². The van der Waals surface area contributed by atoms with Gasteiger partial charge >= 0.3 is 0 Å². The lowest BCUT2D eigenvalue weighted by Crippen LogP contribution is -2.46. The van der Waals surface area contributed by atoms with Crippen molar-refractivity contribution >= 4 is 11.8 Å². The minimum Gasteiger partial charge on any atom is -0.310 e. The summed E-state index contributed by atoms with van der Waals surface area (Å²) in [7, 11) is 0. The van der Waals surface area contributed by atoms with E-state index in [-0.39, 0.29) is 0 Å². The van der Waals surface area contributed by atoms with Crippen LogP contribution in [0.2, 0.25) is 0 Å². The maximum atomic E-state index is 3.85. The summed E-state index contributed by atoms with van der Waals surface area (Å²) < 4.78 is 0. The van der Waals surface area contributed by atoms with Gasteiger partial charge in [-0.15, -0.1) is 0 Å². The summed E-state index contributed by atoms with van der Waals surface area (Å²) in [5.74, 6) is 2.68. The Hall–Kier alpha value is -0.510. The predicted octanol–water partition coefficient (Wildman–Crippen LogP) is 2.75. The molecule has 2 aliphatic rings. The van der Waals surface area contributed by atoms with Crippen LogP contribution < -0.4 is 5.32 Å². The maximum absolute atomic E-state index is 3.85. The largest absolute Gasteiger partial charge is 0.310 e. The molecule has 0 spiro atoms. The van der Waals surface area contributed by atoms with E-state index in [0.717, 1.165) is 18.6 Å². The predicted molar refractivity (Wildman–Crippen MR) is 83.6 cm³/mol. The Labute approximate surface area is 121 Å². The average molecular weight is 276 g/mol. The van der Waals surface area contributed by atoms with Gasteiger partial charge in [0, 0.05) is 24.4 Å². The lowest BCUT2D eigenvalue weighted by atomic mass is 10.0. The number of rotatable bonds is 4. The van der Waals surface area contributed by atoms with Crippen molar-refractivity contribution in [3.8, 4) is 0 Å². The van der Waals surface area contributed by atoms with Gasteiger partial charge in [-0.2, -0.15) is 11.8 Å². The first-order chi connectivity index (χ1) is 9.40. The molecule has 2 saturated heterocycles. The molecular formula is C16H24N2S. The molecule has 1 aromatic rings. The van der Waals surface area contributed by atoms with Crippen molar-refractivity contribution in [1.82, 2.24) is 10.2 Å². The zero-order chi connectivity index (χ0) is 12.9. The molecule has 0 aliphatic carbocycles. The molecule has 2 aliphatic heterocycles. The second kappa shape index (κ2) is 6.78. The number of piperidine rings is 1. The molecule has 0 aromatic heterocycles. The smallest absolute Gasteiger partial charge is 0.0233 e. The fraction of sp³-hybridized carbons (Fsp3) is 0.625. The number of nitrogens with zero attached hydrogens (tertiary/aromatic N) is 1. The van der Waals surface area contributed by atoms with E-state index < -0.39 is 0 Å². The van der Waals surface area contributed by atoms with Crippen LogP contribution in [0.5, 0.6) is 0 Å². The monoisotopic (exact) mass is 276 g/mol. The van der Waals surface area contributed by atoms with Crippen molar-refractivity contribution in [3.05, 3.63) is 35.9 Å². The van der Waals surface area contributed by atoms with Gasteiger partial charge in [0.25, 0.3) is 0 Å². The minimum absolute atomic E-state index is 0.760. The van der Waals surface area contributed by atoms with E-state index in [1.54, 1.807) is 0 Å². The minimum atomic E-state index is 0.760. The van der Waals surface area contributed by atoms with Crippen LogP contribution in [-0.2, 0) is 6.54 Å². The van der Waals surface area contributed by atoms with Gasteiger partial charge in [0.2, 0.25) is 0 Å². The molecule has 2 fully saturated rings. The summed E-state index contributed by atoms with van der Waals surface area (Å²) in [5.41, 5.74) is 1.45. The number of thioether (sulfide) groups is 1. The lowest BCUT2D eigenvalue weighted by molar-refractivity contribution is 0.185. The fourth-order valence-corrected chi connectivity index (χ4v) is 4.26. The number of hydrogen-bond acceptors (Lipinski definition) is 3. The van der Waals surface area contributed by atoms with E-state index in [9.17, 15) is 0 Å². The van der Waals surface area contributed by atoms with Crippen molar-refractivity contribution in [1.29, 1.82) is 0 Å². The standard InChI is InChI=1S/C16H24N2S/c1-2-4-14(5-3-1)12-18-9-6-15(7-10-18)17-16-8-11-19-13-16/h1-5,15-17H,6-13H2. The molecular weight excluding hydrogens is 252 g/mol. The SMILES string of the molecule is c1ccc(CN2CCC(NC3CCSC3)CC2)cc1. The third kappa shape index (κ3) is 3.98. The van der Waals surface area contributed by atoms with Gasteiger partial charge in [-0.05, 0) is 43.7 Å². The van der Waals surface area contributed by atoms with Crippen LogP contribution in [0, 0.1) is 0 Å². The highest BCUT2D eigenvalue weighted by atomic mass is 32.2. The van der Waals surface area contributed by atoms with Gasteiger partial charge < -0.3 is 5.32 Å². The average Bonchev–Trinajstić information content (AvgIpc) is 2.95. The van der Waals surface area contributed by atoms with Crippen molar-refractivity contribution in [2.75, 3.05) is 24.6 Å². The van der Waals surface area contributed by atoms with Crippen LogP contribution in [0.25, 0.3) is 0 Å². The molecule has 1 aromatic carbocycles. The zero-order valence-corrected chi connectivity index (χ0v) is 12.4. The summed E-state index contributed by atoms with van der Waals surface area (Å²) in [5, 5.41) is 3.85. The normalized spacial score (nSPS) is 25.8. The highest BCUT2D eigenvalue weighted by Crippen LogP contribution is 2.20. The van der Waals surface area contributed by atoms with Gasteiger partial charge in [-0.1, -0.05) is 30.3 Å². The molecule has 0 amide bonds. The Bertz CT molecular complexity index is 368. The van der Waals surface area contributed by atoms with E-state index in [4.69, 9.17) is 0 Å². The number of hydrogen-bond donors (Lipinski definition) is 1. The Balaban J connectivity index is 1.41. The molecule has 2 nitrogen and oxygen atoms in total. The third-order valence-corrected chi connectivity index (χ3v) is 5.40. The summed E-state index contributed by atoms with van der Waals surface area (Å²) in [6.45, 7) is 3.60. The molecule has 0 radical (unpaired) electrons. The Kier molecular flexibility index (Phi) is 4.81. The topological polar surface area (TPSA) is 15.3 Å². The summed E-state index contributed by atoms with van der Waals surface area (Å²) in [4.78, 5) is 2.59. The number of nitrogens with one attached hydrogen (secondary N) is 1. The lowest BCUT2D eigenvalue weighted by Gasteiger charge is -2.33. The molecule has 3 rings (SSSR count). The second-order valence-corrected chi connectivity index (χ2v) is 6.91. The first-order valence-corrected chi connectivity index (χ1v) is 8.66. The Morgan fingerprint density at radius 2 is 1.84 bits per heavy atom. The number of likely N-dealkylation sites (tertiary alicyclic amines) is 1. The molecule has 19 heavy (non-hydrogen) atoms. The van der Waals surface area contributed by atoms with Crippen LogP contribution >= 0.6 is 11.8 Å². The van der Waals surface area contributed by atoms with Gasteiger partial charge in [-0.25, -0.2) is 0 Å². The van der Waals surface area contributed by atoms with E-state index >= 15 is 0 Å².